The second kappa shape index (κ2) is 17.1. The molecule has 0 aliphatic carbocycles. The van der Waals surface area contributed by atoms with Gasteiger partial charge in [-0.05, 0) is 96.3 Å². The number of benzene rings is 3. The first kappa shape index (κ1) is 32.5. The maximum atomic E-state index is 13.8. The van der Waals surface area contributed by atoms with Crippen molar-refractivity contribution in [1.82, 2.24) is 0 Å². The summed E-state index contributed by atoms with van der Waals surface area (Å²) in [6.07, 6.45) is 5.09. The van der Waals surface area contributed by atoms with Crippen molar-refractivity contribution in [3.8, 4) is 22.6 Å². The highest BCUT2D eigenvalue weighted by atomic mass is 19.1. The lowest BCUT2D eigenvalue weighted by molar-refractivity contribution is -0.138. The normalized spacial score (nSPS) is 10.9. The molecule has 0 spiro atoms. The van der Waals surface area contributed by atoms with Gasteiger partial charge in [0.2, 0.25) is 0 Å². The number of rotatable bonds is 19. The van der Waals surface area contributed by atoms with E-state index in [2.05, 4.69) is 0 Å². The van der Waals surface area contributed by atoms with Gasteiger partial charge in [0, 0.05) is 26.0 Å². The van der Waals surface area contributed by atoms with Crippen LogP contribution in [0.15, 0.2) is 54.6 Å². The molecule has 226 valence electrons. The van der Waals surface area contributed by atoms with E-state index in [1.807, 2.05) is 24.3 Å². The highest BCUT2D eigenvalue weighted by molar-refractivity contribution is 5.68. The van der Waals surface area contributed by atoms with E-state index in [4.69, 9.17) is 19.3 Å². The lowest BCUT2D eigenvalue weighted by atomic mass is 9.97. The van der Waals surface area contributed by atoms with E-state index in [0.29, 0.717) is 48.7 Å². The molecular formula is C33H38F2O7. The summed E-state index contributed by atoms with van der Waals surface area (Å²) in [5, 5.41) is 18.0. The van der Waals surface area contributed by atoms with Gasteiger partial charge in [0.25, 0.3) is 0 Å². The Hall–Kier alpha value is -3.98. The average Bonchev–Trinajstić information content (AvgIpc) is 2.93. The van der Waals surface area contributed by atoms with Crippen LogP contribution >= 0.6 is 0 Å². The fraction of sp³-hybridized carbons (Fsp3) is 0.394. The van der Waals surface area contributed by atoms with Crippen molar-refractivity contribution < 1.29 is 42.8 Å². The van der Waals surface area contributed by atoms with E-state index in [1.54, 1.807) is 19.2 Å². The molecule has 9 heteroatoms. The molecule has 0 atom stereocenters. The summed E-state index contributed by atoms with van der Waals surface area (Å²) in [5.74, 6) is -1.84. The van der Waals surface area contributed by atoms with Gasteiger partial charge in [-0.25, -0.2) is 8.78 Å². The SMILES string of the molecule is COCc1cc(OCCCCCCc2cccc(OCCCC(=O)O)c2CCC(=O)O)cc(-c2cc(F)cc(F)c2)c1. The molecule has 0 aliphatic heterocycles. The first-order valence-electron chi connectivity index (χ1n) is 14.1. The quantitative estimate of drug-likeness (QED) is 0.143. The van der Waals surface area contributed by atoms with E-state index < -0.39 is 23.6 Å². The Morgan fingerprint density at radius 2 is 1.43 bits per heavy atom. The Bertz CT molecular complexity index is 1310. The Morgan fingerprint density at radius 1 is 0.738 bits per heavy atom. The molecule has 0 aromatic heterocycles. The molecule has 3 rings (SSSR count). The zero-order valence-electron chi connectivity index (χ0n) is 23.9. The minimum absolute atomic E-state index is 0.0126. The minimum atomic E-state index is -0.885. The minimum Gasteiger partial charge on any atom is -0.494 e. The molecule has 0 fully saturated rings. The Labute approximate surface area is 245 Å². The maximum Gasteiger partial charge on any atom is 0.303 e. The van der Waals surface area contributed by atoms with Gasteiger partial charge in [-0.3, -0.25) is 9.59 Å². The lowest BCUT2D eigenvalue weighted by Crippen LogP contribution is -2.07. The Kier molecular flexibility index (Phi) is 13.2. The number of carboxylic acids is 2. The fourth-order valence-corrected chi connectivity index (χ4v) is 4.74. The highest BCUT2D eigenvalue weighted by Crippen LogP contribution is 2.29. The highest BCUT2D eigenvalue weighted by Gasteiger charge is 2.12. The first-order chi connectivity index (χ1) is 20.2. The number of halogens is 2. The smallest absolute Gasteiger partial charge is 0.303 e. The average molecular weight is 585 g/mol. The number of methoxy groups -OCH3 is 1. The predicted octanol–water partition coefficient (Wildman–Crippen LogP) is 7.22. The zero-order chi connectivity index (χ0) is 30.3. The summed E-state index contributed by atoms with van der Waals surface area (Å²) in [6.45, 7) is 1.08. The molecule has 2 N–H and O–H groups in total. The van der Waals surface area contributed by atoms with Crippen LogP contribution in [0.2, 0.25) is 0 Å². The molecule has 0 saturated carbocycles. The van der Waals surface area contributed by atoms with Crippen LogP contribution in [-0.2, 0) is 33.8 Å². The van der Waals surface area contributed by atoms with Gasteiger partial charge in [-0.2, -0.15) is 0 Å². The van der Waals surface area contributed by atoms with Crippen LogP contribution in [0.3, 0.4) is 0 Å². The molecule has 42 heavy (non-hydrogen) atoms. The topological polar surface area (TPSA) is 102 Å². The molecule has 0 bridgehead atoms. The first-order valence-corrected chi connectivity index (χ1v) is 14.1. The third-order valence-corrected chi connectivity index (χ3v) is 6.69. The monoisotopic (exact) mass is 584 g/mol. The summed E-state index contributed by atoms with van der Waals surface area (Å²) in [7, 11) is 1.58. The molecule has 0 heterocycles. The Balaban J connectivity index is 1.51. The lowest BCUT2D eigenvalue weighted by Gasteiger charge is -2.15. The Morgan fingerprint density at radius 3 is 2.14 bits per heavy atom. The van der Waals surface area contributed by atoms with Gasteiger partial charge in [-0.1, -0.05) is 25.0 Å². The summed E-state index contributed by atoms with van der Waals surface area (Å²) >= 11 is 0. The van der Waals surface area contributed by atoms with Crippen LogP contribution < -0.4 is 9.47 Å². The van der Waals surface area contributed by atoms with Crippen LogP contribution in [0, 0.1) is 11.6 Å². The predicted molar refractivity (Wildman–Crippen MR) is 155 cm³/mol. The standard InChI is InChI=1S/C33H38F2O7/c1-40-22-23-16-25(26-18-27(34)21-28(35)19-26)20-29(17-23)41-14-5-3-2-4-8-24-9-6-10-31(30(24)12-13-33(38)39)42-15-7-11-32(36)37/h6,9-10,16-21H,2-5,7-8,11-15,22H2,1H3,(H,36,37)(H,38,39). The molecule has 0 saturated heterocycles. The summed E-state index contributed by atoms with van der Waals surface area (Å²) in [4.78, 5) is 22.0. The number of aliphatic carboxylic acids is 2. The van der Waals surface area contributed by atoms with Crippen molar-refractivity contribution in [3.05, 3.63) is 82.9 Å². The molecule has 3 aromatic carbocycles. The fourth-order valence-electron chi connectivity index (χ4n) is 4.74. The maximum absolute atomic E-state index is 13.8. The van der Waals surface area contributed by atoms with Crippen LogP contribution in [0.1, 0.15) is 61.6 Å². The van der Waals surface area contributed by atoms with Crippen molar-refractivity contribution in [2.75, 3.05) is 20.3 Å². The molecule has 7 nitrogen and oxygen atoms in total. The molecular weight excluding hydrogens is 546 g/mol. The number of hydrogen-bond acceptors (Lipinski definition) is 5. The van der Waals surface area contributed by atoms with Gasteiger partial charge < -0.3 is 24.4 Å². The van der Waals surface area contributed by atoms with Gasteiger partial charge in [0.1, 0.15) is 23.1 Å². The van der Waals surface area contributed by atoms with Crippen LogP contribution in [0.25, 0.3) is 11.1 Å². The molecule has 0 aliphatic rings. The molecule has 0 amide bonds. The van der Waals surface area contributed by atoms with Crippen molar-refractivity contribution >= 4 is 11.9 Å². The van der Waals surface area contributed by atoms with Crippen LogP contribution in [0.5, 0.6) is 11.5 Å². The molecule has 0 unspecified atom stereocenters. The number of carboxylic acid groups (broad SMARTS) is 2. The third kappa shape index (κ3) is 11.1. The van der Waals surface area contributed by atoms with E-state index in [0.717, 1.165) is 54.9 Å². The van der Waals surface area contributed by atoms with Gasteiger partial charge in [0.15, 0.2) is 0 Å². The summed E-state index contributed by atoms with van der Waals surface area (Å²) in [6, 6.07) is 14.5. The van der Waals surface area contributed by atoms with Gasteiger partial charge >= 0.3 is 11.9 Å². The van der Waals surface area contributed by atoms with E-state index in [-0.39, 0.29) is 19.4 Å². The number of ether oxygens (including phenoxy) is 3. The largest absolute Gasteiger partial charge is 0.494 e. The molecule has 3 aromatic rings. The van der Waals surface area contributed by atoms with E-state index in [1.165, 1.54) is 12.1 Å². The molecule has 0 radical (unpaired) electrons. The van der Waals surface area contributed by atoms with E-state index in [9.17, 15) is 23.5 Å². The van der Waals surface area contributed by atoms with Crippen molar-refractivity contribution in [2.24, 2.45) is 0 Å². The van der Waals surface area contributed by atoms with Crippen LogP contribution in [0.4, 0.5) is 8.78 Å². The van der Waals surface area contributed by atoms with Gasteiger partial charge in [-0.15, -0.1) is 0 Å². The summed E-state index contributed by atoms with van der Waals surface area (Å²) in [5.41, 5.74) is 3.81. The van der Waals surface area contributed by atoms with Crippen molar-refractivity contribution in [3.63, 3.8) is 0 Å². The second-order valence-electron chi connectivity index (χ2n) is 10.1. The third-order valence-electron chi connectivity index (χ3n) is 6.69. The van der Waals surface area contributed by atoms with E-state index >= 15 is 0 Å². The summed E-state index contributed by atoms with van der Waals surface area (Å²) < 4.78 is 44.6. The number of hydrogen-bond donors (Lipinski definition) is 2. The number of unbranched alkanes of at least 4 members (excludes halogenated alkanes) is 3. The van der Waals surface area contributed by atoms with Crippen molar-refractivity contribution in [1.29, 1.82) is 0 Å². The second-order valence-corrected chi connectivity index (χ2v) is 10.1. The van der Waals surface area contributed by atoms with Crippen LogP contribution in [-0.4, -0.2) is 42.5 Å². The number of aryl methyl sites for hydroxylation is 1. The van der Waals surface area contributed by atoms with Crippen molar-refractivity contribution in [2.45, 2.75) is 64.4 Å². The zero-order valence-corrected chi connectivity index (χ0v) is 23.9. The van der Waals surface area contributed by atoms with Gasteiger partial charge in [0.05, 0.1) is 19.8 Å². The number of carbonyl (C=O) groups is 2.